The molecule has 3 saturated heterocycles. The van der Waals surface area contributed by atoms with Crippen LogP contribution in [0.2, 0.25) is 0 Å². The number of hydroxylamine groups is 2. The fourth-order valence-corrected chi connectivity index (χ4v) is 9.24. The molecule has 20 heteroatoms. The molecule has 0 radical (unpaired) electrons. The Morgan fingerprint density at radius 3 is 1.03 bits per heavy atom. The first-order chi connectivity index (χ1) is 34.6. The number of hydrogen-bond donors (Lipinski definition) is 6. The zero-order valence-electron chi connectivity index (χ0n) is 44.4. The molecule has 5 rings (SSSR count). The van der Waals surface area contributed by atoms with Crippen molar-refractivity contribution in [1.29, 1.82) is 0 Å². The van der Waals surface area contributed by atoms with E-state index < -0.39 is 47.6 Å². The number of amides is 9. The average Bonchev–Trinajstić information content (AvgIpc) is 4.04. The third-order valence-corrected chi connectivity index (χ3v) is 13.4. The van der Waals surface area contributed by atoms with Crippen LogP contribution in [0.3, 0.4) is 0 Å². The highest BCUT2D eigenvalue weighted by molar-refractivity contribution is 6.01. The Labute approximate surface area is 458 Å². The molecule has 3 heterocycles. The number of nitrogens with two attached hydrogens (primary N) is 3. The fraction of sp³-hybridized carbons (Fsp3) is 0.821. The second-order valence-corrected chi connectivity index (χ2v) is 19.3. The Bertz CT molecular complexity index is 1580. The summed E-state index contributed by atoms with van der Waals surface area (Å²) in [5.41, 5.74) is 15.1. The van der Waals surface area contributed by atoms with Crippen LogP contribution in [-0.4, -0.2) is 126 Å². The topological polar surface area (TPSA) is 304 Å². The van der Waals surface area contributed by atoms with Crippen LogP contribution in [-0.2, 0) is 52.8 Å². The van der Waals surface area contributed by atoms with E-state index in [1.807, 2.05) is 0 Å². The van der Waals surface area contributed by atoms with Crippen molar-refractivity contribution in [2.75, 3.05) is 40.3 Å². The minimum absolute atomic E-state index is 0. The molecule has 2 unspecified atom stereocenters. The average molecular weight is 1080 g/mol. The minimum Gasteiger partial charge on any atom is -0.368 e. The minimum atomic E-state index is -0.854. The summed E-state index contributed by atoms with van der Waals surface area (Å²) in [4.78, 5) is 123. The van der Waals surface area contributed by atoms with E-state index in [0.29, 0.717) is 44.0 Å². The van der Waals surface area contributed by atoms with Crippen molar-refractivity contribution < 1.29 is 52.8 Å². The second kappa shape index (κ2) is 47.1. The third kappa shape index (κ3) is 33.1. The lowest BCUT2D eigenvalue weighted by Crippen LogP contribution is -2.45. The maximum absolute atomic E-state index is 12.1. The number of nitrogens with one attached hydrogen (secondary N) is 3. The van der Waals surface area contributed by atoms with Crippen LogP contribution in [0.4, 0.5) is 0 Å². The molecule has 3 aliphatic heterocycles. The van der Waals surface area contributed by atoms with Crippen molar-refractivity contribution in [1.82, 2.24) is 30.8 Å². The van der Waals surface area contributed by atoms with Crippen LogP contribution in [0.1, 0.15) is 236 Å². The monoisotopic (exact) mass is 1080 g/mol. The van der Waals surface area contributed by atoms with Crippen LogP contribution < -0.4 is 33.2 Å². The molecule has 0 aromatic heterocycles. The zero-order valence-corrected chi connectivity index (χ0v) is 44.4. The quantitative estimate of drug-likeness (QED) is 0.0784. The lowest BCUT2D eigenvalue weighted by molar-refractivity contribution is -0.197. The van der Waals surface area contributed by atoms with Crippen LogP contribution in [0.5, 0.6) is 0 Å². The van der Waals surface area contributed by atoms with Gasteiger partial charge in [-0.3, -0.25) is 43.2 Å². The lowest BCUT2D eigenvalue weighted by Gasteiger charge is -2.24. The van der Waals surface area contributed by atoms with Gasteiger partial charge >= 0.3 is 5.97 Å². The van der Waals surface area contributed by atoms with Gasteiger partial charge in [0.15, 0.2) is 0 Å². The number of rotatable bonds is 17. The Kier molecular flexibility index (Phi) is 47.9. The van der Waals surface area contributed by atoms with Gasteiger partial charge < -0.3 is 47.8 Å². The standard InChI is InChI=1S/C17H24N4O7.C14H24N4O4.2C10H20.CH5N.4CH4/c1-2-11(17(18)27)20-9-10(7-15(20)25)8-19-12(22)3-6-16(26)28-21-13(23)4-5-14(21)24;1-3-10(14(15)22)18-8-9(6-13(18)21)7-17-12(20)5-4-11(19)16-2;2*1-2-4-6-8-10-9-7-5-3-1;1-2;;;;/h10-11H,2-9H2,1H3,(H2,18,27)(H,19,22);9-10H,3-8H2,1-2H3,(H2,15,22)(H,16,19)(H,17,20);2*1-10H2;2H2,1H3;4*1H4/t10?,11-;9?,10-;;;;;;;/m00......./s1. The maximum Gasteiger partial charge on any atom is 0.333 e. The molecule has 5 fully saturated rings. The van der Waals surface area contributed by atoms with Gasteiger partial charge in [0.1, 0.15) is 12.1 Å². The number of hydrogen-bond acceptors (Lipinski definition) is 12. The molecule has 0 bridgehead atoms. The molecule has 0 aromatic rings. The number of primary amides is 2. The first-order valence-corrected chi connectivity index (χ1v) is 27.2. The summed E-state index contributed by atoms with van der Waals surface area (Å²) in [7, 11) is 3.02. The number of nitrogens with zero attached hydrogens (tertiary/aromatic N) is 3. The van der Waals surface area contributed by atoms with Crippen molar-refractivity contribution >= 4 is 59.1 Å². The first kappa shape index (κ1) is 77.4. The van der Waals surface area contributed by atoms with E-state index in [9.17, 15) is 47.9 Å². The highest BCUT2D eigenvalue weighted by Gasteiger charge is 2.37. The number of carbonyl (C=O) groups is 10. The molecule has 0 spiro atoms. The van der Waals surface area contributed by atoms with Gasteiger partial charge in [0.2, 0.25) is 41.4 Å². The number of imide groups is 1. The molecule has 2 aliphatic carbocycles. The Hall–Kier alpha value is -5.14. The van der Waals surface area contributed by atoms with E-state index >= 15 is 0 Å². The predicted octanol–water partition coefficient (Wildman–Crippen LogP) is 7.26. The van der Waals surface area contributed by atoms with Gasteiger partial charge in [0.05, 0.1) is 6.42 Å². The van der Waals surface area contributed by atoms with E-state index in [2.05, 4.69) is 26.5 Å². The van der Waals surface area contributed by atoms with Crippen LogP contribution in [0.25, 0.3) is 0 Å². The highest BCUT2D eigenvalue weighted by Crippen LogP contribution is 2.23. The van der Waals surface area contributed by atoms with Crippen molar-refractivity contribution in [2.24, 2.45) is 29.0 Å². The van der Waals surface area contributed by atoms with Gasteiger partial charge in [-0.25, -0.2) is 4.79 Å². The molecule has 20 nitrogen and oxygen atoms in total. The first-order valence-electron chi connectivity index (χ1n) is 27.2. The van der Waals surface area contributed by atoms with Gasteiger partial charge in [-0.2, -0.15) is 0 Å². The molecule has 5 aliphatic rings. The summed E-state index contributed by atoms with van der Waals surface area (Å²) in [5, 5.41) is 8.22. The van der Waals surface area contributed by atoms with E-state index in [1.165, 1.54) is 152 Å². The molecule has 0 aromatic carbocycles. The van der Waals surface area contributed by atoms with Gasteiger partial charge in [-0.15, -0.1) is 5.06 Å². The summed E-state index contributed by atoms with van der Waals surface area (Å²) in [6.07, 6.45) is 31.2. The Morgan fingerprint density at radius 1 is 0.487 bits per heavy atom. The molecule has 9 amide bonds. The Balaban J connectivity index is -0.000000478. The molecule has 9 N–H and O–H groups in total. The molecule has 444 valence electrons. The predicted molar refractivity (Wildman–Crippen MR) is 301 cm³/mol. The van der Waals surface area contributed by atoms with Crippen LogP contribution in [0.15, 0.2) is 0 Å². The van der Waals surface area contributed by atoms with E-state index in [4.69, 9.17) is 11.5 Å². The zero-order chi connectivity index (χ0) is 53.7. The summed E-state index contributed by atoms with van der Waals surface area (Å²) < 4.78 is 0. The van der Waals surface area contributed by atoms with Crippen LogP contribution >= 0.6 is 0 Å². The second-order valence-electron chi connectivity index (χ2n) is 19.3. The molecule has 4 atom stereocenters. The molecular formula is C56H109N9O11. The van der Waals surface area contributed by atoms with Gasteiger partial charge in [-0.1, -0.05) is 172 Å². The van der Waals surface area contributed by atoms with Crippen LogP contribution in [0, 0.1) is 11.8 Å². The van der Waals surface area contributed by atoms with Crippen molar-refractivity contribution in [3.8, 4) is 0 Å². The van der Waals surface area contributed by atoms with E-state index in [-0.39, 0.29) is 117 Å². The Morgan fingerprint density at radius 2 is 0.763 bits per heavy atom. The summed E-state index contributed by atoms with van der Waals surface area (Å²) in [6.45, 7) is 4.87. The lowest BCUT2D eigenvalue weighted by atomic mass is 10.0. The highest BCUT2D eigenvalue weighted by atomic mass is 16.7. The normalized spacial score (nSPS) is 19.4. The van der Waals surface area contributed by atoms with E-state index in [1.54, 1.807) is 13.8 Å². The van der Waals surface area contributed by atoms with Gasteiger partial charge in [0, 0.05) is 90.0 Å². The molecule has 76 heavy (non-hydrogen) atoms. The summed E-state index contributed by atoms with van der Waals surface area (Å²) in [5.74, 6) is -4.43. The van der Waals surface area contributed by atoms with Crippen molar-refractivity contribution in [2.45, 2.75) is 248 Å². The number of likely N-dealkylation sites (tertiary alicyclic amines) is 2. The summed E-state index contributed by atoms with van der Waals surface area (Å²) in [6, 6.07) is -1.24. The fourth-order valence-electron chi connectivity index (χ4n) is 9.24. The third-order valence-electron chi connectivity index (χ3n) is 13.4. The van der Waals surface area contributed by atoms with Gasteiger partial charge in [-0.05, 0) is 19.9 Å². The number of carbonyl (C=O) groups excluding carboxylic acids is 10. The SMILES string of the molecule is C.C.C.C.C1CCCCCCCCC1.C1CCCCCCCCC1.CC[C@@H](C(N)=O)N1CC(CNC(=O)CCC(=O)NC)CC1=O.CC[C@@H](C(N)=O)N1CC(CNC(=O)CCC(=O)ON2C(=O)CCC2=O)CC1=O.CN. The molecular weight excluding hydrogens is 975 g/mol. The van der Waals surface area contributed by atoms with E-state index in [0.717, 1.165) is 0 Å². The van der Waals surface area contributed by atoms with Gasteiger partial charge in [0.25, 0.3) is 11.8 Å². The largest absolute Gasteiger partial charge is 0.368 e. The van der Waals surface area contributed by atoms with Crippen molar-refractivity contribution in [3.05, 3.63) is 0 Å². The molecule has 2 saturated carbocycles. The van der Waals surface area contributed by atoms with Crippen molar-refractivity contribution in [3.63, 3.8) is 0 Å². The summed E-state index contributed by atoms with van der Waals surface area (Å²) >= 11 is 0. The smallest absolute Gasteiger partial charge is 0.333 e. The maximum atomic E-state index is 12.1.